The molecule has 2 rings (SSSR count). The number of amides is 1. The van der Waals surface area contributed by atoms with Crippen molar-refractivity contribution in [1.82, 2.24) is 9.88 Å². The number of nitrogens with zero attached hydrogens (tertiary/aromatic N) is 2. The van der Waals surface area contributed by atoms with Crippen molar-refractivity contribution in [1.29, 1.82) is 0 Å². The third-order valence-electron chi connectivity index (χ3n) is 4.11. The van der Waals surface area contributed by atoms with E-state index < -0.39 is 6.61 Å². The Balaban J connectivity index is 2.23. The molecule has 0 saturated carbocycles. The van der Waals surface area contributed by atoms with Crippen LogP contribution in [-0.4, -0.2) is 43.7 Å². The molecule has 6 nitrogen and oxygen atoms in total. The van der Waals surface area contributed by atoms with Crippen LogP contribution in [0.2, 0.25) is 0 Å². The number of carbonyl (C=O) groups is 1. The molecule has 0 saturated heterocycles. The Hall–Kier alpha value is -2.90. The van der Waals surface area contributed by atoms with E-state index in [1.165, 1.54) is 30.2 Å². The Morgan fingerprint density at radius 1 is 1.19 bits per heavy atom. The lowest BCUT2D eigenvalue weighted by Crippen LogP contribution is -2.27. The van der Waals surface area contributed by atoms with Gasteiger partial charge in [0.05, 0.1) is 26.5 Å². The maximum Gasteiger partial charge on any atom is 0.387 e. The van der Waals surface area contributed by atoms with E-state index in [2.05, 4.69) is 9.72 Å². The van der Waals surface area contributed by atoms with Crippen molar-refractivity contribution < 1.29 is 27.8 Å². The van der Waals surface area contributed by atoms with Gasteiger partial charge in [0.15, 0.2) is 11.5 Å². The third-order valence-corrected chi connectivity index (χ3v) is 4.11. The first-order valence-electron chi connectivity index (χ1n) is 8.15. The summed E-state index contributed by atoms with van der Waals surface area (Å²) >= 11 is 0. The van der Waals surface area contributed by atoms with Crippen LogP contribution < -0.4 is 14.2 Å². The number of hydrogen-bond donors (Lipinski definition) is 0. The molecule has 0 spiro atoms. The number of aryl methyl sites for hydroxylation is 1. The molecule has 1 aromatic heterocycles. The highest BCUT2D eigenvalue weighted by Crippen LogP contribution is 2.30. The molecule has 27 heavy (non-hydrogen) atoms. The Kier molecular flexibility index (Phi) is 6.55. The minimum Gasteiger partial charge on any atom is -0.496 e. The zero-order chi connectivity index (χ0) is 20.1. The number of halogens is 2. The van der Waals surface area contributed by atoms with Gasteiger partial charge in [0.25, 0.3) is 5.91 Å². The highest BCUT2D eigenvalue weighted by atomic mass is 19.3. The van der Waals surface area contributed by atoms with Gasteiger partial charge in [0.2, 0.25) is 0 Å². The van der Waals surface area contributed by atoms with E-state index in [0.29, 0.717) is 5.69 Å². The number of pyridine rings is 1. The van der Waals surface area contributed by atoms with E-state index in [1.807, 2.05) is 13.8 Å². The molecule has 0 unspecified atom stereocenters. The third kappa shape index (κ3) is 4.64. The van der Waals surface area contributed by atoms with E-state index in [4.69, 9.17) is 9.47 Å². The lowest BCUT2D eigenvalue weighted by atomic mass is 10.1. The summed E-state index contributed by atoms with van der Waals surface area (Å²) in [6, 6.07) is 4.06. The van der Waals surface area contributed by atoms with E-state index in [1.54, 1.807) is 20.4 Å². The minimum atomic E-state index is -2.98. The van der Waals surface area contributed by atoms with E-state index in [-0.39, 0.29) is 29.5 Å². The molecule has 0 aliphatic carbocycles. The summed E-state index contributed by atoms with van der Waals surface area (Å²) in [7, 11) is 4.53. The number of methoxy groups -OCH3 is 2. The van der Waals surface area contributed by atoms with Gasteiger partial charge < -0.3 is 19.1 Å². The van der Waals surface area contributed by atoms with Gasteiger partial charge in [-0.15, -0.1) is 0 Å². The molecule has 8 heteroatoms. The predicted molar refractivity (Wildman–Crippen MR) is 95.7 cm³/mol. The number of benzene rings is 1. The number of ether oxygens (including phenoxy) is 3. The van der Waals surface area contributed by atoms with Crippen LogP contribution in [0.3, 0.4) is 0 Å². The highest BCUT2D eigenvalue weighted by Gasteiger charge is 2.19. The van der Waals surface area contributed by atoms with Crippen molar-refractivity contribution in [2.24, 2.45) is 0 Å². The zero-order valence-electron chi connectivity index (χ0n) is 15.9. The van der Waals surface area contributed by atoms with Crippen LogP contribution in [0.4, 0.5) is 8.78 Å². The summed E-state index contributed by atoms with van der Waals surface area (Å²) in [5.41, 5.74) is 2.76. The molecule has 0 radical (unpaired) electrons. The molecule has 0 aliphatic heterocycles. The summed E-state index contributed by atoms with van der Waals surface area (Å²) < 4.78 is 39.6. The zero-order valence-corrected chi connectivity index (χ0v) is 15.9. The fourth-order valence-electron chi connectivity index (χ4n) is 2.74. The first kappa shape index (κ1) is 20.4. The number of rotatable bonds is 7. The molecule has 1 aromatic carbocycles. The van der Waals surface area contributed by atoms with Crippen LogP contribution in [0, 0.1) is 13.8 Å². The van der Waals surface area contributed by atoms with Gasteiger partial charge in [-0.3, -0.25) is 9.78 Å². The van der Waals surface area contributed by atoms with Crippen molar-refractivity contribution in [3.8, 4) is 17.2 Å². The van der Waals surface area contributed by atoms with Gasteiger partial charge in [0, 0.05) is 29.9 Å². The molecular formula is C19H22F2N2O4. The number of alkyl halides is 2. The Bertz CT molecular complexity index is 828. The fraction of sp³-hybridized carbons (Fsp3) is 0.368. The lowest BCUT2D eigenvalue weighted by molar-refractivity contribution is -0.0512. The number of hydrogen-bond acceptors (Lipinski definition) is 5. The standard InChI is InChI=1S/C19H22F2N2O4/c1-11-9-22-14(12(2)17(11)26-5)10-23(3)18(24)13-6-7-15(27-19(20)21)16(8-13)25-4/h6-9,19H,10H2,1-5H3. The predicted octanol–water partition coefficient (Wildman–Crippen LogP) is 3.59. The summed E-state index contributed by atoms with van der Waals surface area (Å²) in [6.45, 7) is 1.06. The molecule has 0 bridgehead atoms. The first-order valence-corrected chi connectivity index (χ1v) is 8.15. The van der Waals surface area contributed by atoms with Crippen LogP contribution in [0.5, 0.6) is 17.2 Å². The van der Waals surface area contributed by atoms with Crippen LogP contribution in [0.1, 0.15) is 27.2 Å². The molecule has 1 amide bonds. The van der Waals surface area contributed by atoms with Crippen molar-refractivity contribution in [2.75, 3.05) is 21.3 Å². The van der Waals surface area contributed by atoms with Crippen LogP contribution in [-0.2, 0) is 6.54 Å². The van der Waals surface area contributed by atoms with E-state index in [9.17, 15) is 13.6 Å². The highest BCUT2D eigenvalue weighted by molar-refractivity contribution is 5.94. The normalized spacial score (nSPS) is 10.7. The summed E-state index contributed by atoms with van der Waals surface area (Å²) in [4.78, 5) is 18.6. The molecule has 1 heterocycles. The van der Waals surface area contributed by atoms with Gasteiger partial charge in [-0.1, -0.05) is 0 Å². The van der Waals surface area contributed by atoms with Gasteiger partial charge in [-0.25, -0.2) is 0 Å². The number of carbonyl (C=O) groups excluding carboxylic acids is 1. The summed E-state index contributed by atoms with van der Waals surface area (Å²) in [5, 5.41) is 0. The second-order valence-electron chi connectivity index (χ2n) is 5.95. The average molecular weight is 380 g/mol. The molecule has 146 valence electrons. The van der Waals surface area contributed by atoms with Gasteiger partial charge in [-0.2, -0.15) is 8.78 Å². The second-order valence-corrected chi connectivity index (χ2v) is 5.95. The fourth-order valence-corrected chi connectivity index (χ4v) is 2.74. The monoisotopic (exact) mass is 380 g/mol. The van der Waals surface area contributed by atoms with Crippen molar-refractivity contribution in [3.05, 3.63) is 46.8 Å². The second kappa shape index (κ2) is 8.66. The maximum absolute atomic E-state index is 12.7. The SMILES string of the molecule is COc1cc(C(=O)N(C)Cc2ncc(C)c(OC)c2C)ccc1OC(F)F. The lowest BCUT2D eigenvalue weighted by Gasteiger charge is -2.20. The molecule has 2 aromatic rings. The minimum absolute atomic E-state index is 0.0564. The van der Waals surface area contributed by atoms with E-state index >= 15 is 0 Å². The van der Waals surface area contributed by atoms with Gasteiger partial charge >= 0.3 is 6.61 Å². The number of aromatic nitrogens is 1. The Morgan fingerprint density at radius 2 is 1.89 bits per heavy atom. The van der Waals surface area contributed by atoms with Crippen LogP contribution >= 0.6 is 0 Å². The topological polar surface area (TPSA) is 60.9 Å². The van der Waals surface area contributed by atoms with E-state index in [0.717, 1.165) is 16.9 Å². The molecule has 0 atom stereocenters. The maximum atomic E-state index is 12.7. The summed E-state index contributed by atoms with van der Waals surface area (Å²) in [6.07, 6.45) is 1.69. The van der Waals surface area contributed by atoms with Crippen LogP contribution in [0.15, 0.2) is 24.4 Å². The quantitative estimate of drug-likeness (QED) is 0.735. The molecule has 0 fully saturated rings. The first-order chi connectivity index (χ1) is 12.8. The largest absolute Gasteiger partial charge is 0.496 e. The molecular weight excluding hydrogens is 358 g/mol. The van der Waals surface area contributed by atoms with Gasteiger partial charge in [0.1, 0.15) is 5.75 Å². The molecule has 0 N–H and O–H groups in total. The van der Waals surface area contributed by atoms with Crippen molar-refractivity contribution in [2.45, 2.75) is 27.0 Å². The summed E-state index contributed by atoms with van der Waals surface area (Å²) in [5.74, 6) is 0.349. The Labute approximate surface area is 156 Å². The van der Waals surface area contributed by atoms with Crippen molar-refractivity contribution >= 4 is 5.91 Å². The average Bonchev–Trinajstić information content (AvgIpc) is 2.63. The van der Waals surface area contributed by atoms with Gasteiger partial charge in [-0.05, 0) is 32.0 Å². The molecule has 0 aliphatic rings. The Morgan fingerprint density at radius 3 is 2.48 bits per heavy atom. The van der Waals surface area contributed by atoms with Crippen molar-refractivity contribution in [3.63, 3.8) is 0 Å². The smallest absolute Gasteiger partial charge is 0.387 e. The van der Waals surface area contributed by atoms with Crippen LogP contribution in [0.25, 0.3) is 0 Å².